The molecule has 2 nitrogen and oxygen atoms in total. The summed E-state index contributed by atoms with van der Waals surface area (Å²) in [6.07, 6.45) is 2.55. The molecular formula is C12H20N2S. The van der Waals surface area contributed by atoms with Crippen LogP contribution in [-0.2, 0) is 6.54 Å². The Kier molecular flexibility index (Phi) is 4.18. The van der Waals surface area contributed by atoms with Gasteiger partial charge >= 0.3 is 0 Å². The second-order valence-corrected chi connectivity index (χ2v) is 5.09. The standard InChI is InChI=1S/C12H20N2S/c1-2-5-13-12-3-6-14(9-12)8-11-4-7-15-10-11/h4,7,10,12-13H,2-3,5-6,8-9H2,1H3. The van der Waals surface area contributed by atoms with Crippen molar-refractivity contribution >= 4 is 11.3 Å². The number of likely N-dealkylation sites (tertiary alicyclic amines) is 1. The van der Waals surface area contributed by atoms with E-state index in [4.69, 9.17) is 0 Å². The molecule has 3 heteroatoms. The molecule has 84 valence electrons. The molecule has 1 aliphatic rings. The van der Waals surface area contributed by atoms with E-state index in [9.17, 15) is 0 Å². The molecule has 0 amide bonds. The van der Waals surface area contributed by atoms with Gasteiger partial charge in [-0.15, -0.1) is 0 Å². The number of hydrogen-bond donors (Lipinski definition) is 1. The Morgan fingerprint density at radius 1 is 1.60 bits per heavy atom. The van der Waals surface area contributed by atoms with Gasteiger partial charge < -0.3 is 5.32 Å². The number of rotatable bonds is 5. The zero-order valence-electron chi connectivity index (χ0n) is 9.41. The number of nitrogens with one attached hydrogen (secondary N) is 1. The normalized spacial score (nSPS) is 22.3. The van der Waals surface area contributed by atoms with Crippen LogP contribution in [0.5, 0.6) is 0 Å². The van der Waals surface area contributed by atoms with Gasteiger partial charge in [-0.1, -0.05) is 6.92 Å². The first-order valence-electron chi connectivity index (χ1n) is 5.85. The summed E-state index contributed by atoms with van der Waals surface area (Å²) in [5, 5.41) is 8.02. The van der Waals surface area contributed by atoms with E-state index in [-0.39, 0.29) is 0 Å². The molecule has 0 aromatic carbocycles. The average Bonchev–Trinajstić information content (AvgIpc) is 2.87. The molecule has 0 radical (unpaired) electrons. The Bertz CT molecular complexity index is 271. The molecule has 1 N–H and O–H groups in total. The van der Waals surface area contributed by atoms with E-state index in [0.717, 1.165) is 19.1 Å². The zero-order valence-corrected chi connectivity index (χ0v) is 10.2. The van der Waals surface area contributed by atoms with Gasteiger partial charge in [-0.3, -0.25) is 4.90 Å². The van der Waals surface area contributed by atoms with Crippen molar-refractivity contribution in [2.24, 2.45) is 0 Å². The third-order valence-electron chi connectivity index (χ3n) is 2.94. The summed E-state index contributed by atoms with van der Waals surface area (Å²) in [4.78, 5) is 2.55. The highest BCUT2D eigenvalue weighted by Crippen LogP contribution is 2.15. The van der Waals surface area contributed by atoms with Crippen LogP contribution in [0, 0.1) is 0 Å². The first kappa shape index (κ1) is 11.1. The summed E-state index contributed by atoms with van der Waals surface area (Å²) in [7, 11) is 0. The third kappa shape index (κ3) is 3.30. The Balaban J connectivity index is 1.73. The Morgan fingerprint density at radius 3 is 3.27 bits per heavy atom. The Hall–Kier alpha value is -0.380. The van der Waals surface area contributed by atoms with Crippen LogP contribution >= 0.6 is 11.3 Å². The Morgan fingerprint density at radius 2 is 2.53 bits per heavy atom. The monoisotopic (exact) mass is 224 g/mol. The SMILES string of the molecule is CCCNC1CCN(Cc2ccsc2)C1. The highest BCUT2D eigenvalue weighted by molar-refractivity contribution is 7.07. The smallest absolute Gasteiger partial charge is 0.0242 e. The minimum Gasteiger partial charge on any atom is -0.313 e. The summed E-state index contributed by atoms with van der Waals surface area (Å²) in [5.41, 5.74) is 1.47. The maximum Gasteiger partial charge on any atom is 0.0242 e. The topological polar surface area (TPSA) is 15.3 Å². The van der Waals surface area contributed by atoms with Crippen LogP contribution in [0.15, 0.2) is 16.8 Å². The quantitative estimate of drug-likeness (QED) is 0.826. The van der Waals surface area contributed by atoms with Crippen LogP contribution in [-0.4, -0.2) is 30.6 Å². The molecule has 0 bridgehead atoms. The van der Waals surface area contributed by atoms with Crippen molar-refractivity contribution in [3.8, 4) is 0 Å². The fourth-order valence-corrected chi connectivity index (χ4v) is 2.79. The number of nitrogens with zero attached hydrogens (tertiary/aromatic N) is 1. The van der Waals surface area contributed by atoms with E-state index in [1.807, 2.05) is 0 Å². The molecule has 2 heterocycles. The van der Waals surface area contributed by atoms with Crippen molar-refractivity contribution in [1.82, 2.24) is 10.2 Å². The van der Waals surface area contributed by atoms with Gasteiger partial charge in [-0.25, -0.2) is 0 Å². The van der Waals surface area contributed by atoms with E-state index >= 15 is 0 Å². The molecule has 1 aromatic rings. The molecule has 1 unspecified atom stereocenters. The average molecular weight is 224 g/mol. The van der Waals surface area contributed by atoms with Crippen molar-refractivity contribution in [3.05, 3.63) is 22.4 Å². The second kappa shape index (κ2) is 5.64. The first-order chi connectivity index (χ1) is 7.38. The largest absolute Gasteiger partial charge is 0.313 e. The molecule has 1 aromatic heterocycles. The Labute approximate surface area is 96.3 Å². The van der Waals surface area contributed by atoms with Gasteiger partial charge in [0, 0.05) is 25.7 Å². The number of hydrogen-bond acceptors (Lipinski definition) is 3. The molecule has 15 heavy (non-hydrogen) atoms. The third-order valence-corrected chi connectivity index (χ3v) is 3.67. The lowest BCUT2D eigenvalue weighted by atomic mass is 10.2. The van der Waals surface area contributed by atoms with Crippen LogP contribution in [0.25, 0.3) is 0 Å². The fraction of sp³-hybridized carbons (Fsp3) is 0.667. The van der Waals surface area contributed by atoms with Crippen LogP contribution in [0.2, 0.25) is 0 Å². The minimum atomic E-state index is 0.726. The first-order valence-corrected chi connectivity index (χ1v) is 6.79. The molecule has 1 atom stereocenters. The van der Waals surface area contributed by atoms with Gasteiger partial charge in [-0.05, 0) is 41.8 Å². The van der Waals surface area contributed by atoms with Crippen molar-refractivity contribution in [1.29, 1.82) is 0 Å². The maximum absolute atomic E-state index is 3.60. The van der Waals surface area contributed by atoms with Gasteiger partial charge in [0.25, 0.3) is 0 Å². The zero-order chi connectivity index (χ0) is 10.5. The van der Waals surface area contributed by atoms with Crippen molar-refractivity contribution in [3.63, 3.8) is 0 Å². The lowest BCUT2D eigenvalue weighted by Crippen LogP contribution is -2.32. The van der Waals surface area contributed by atoms with Crippen molar-refractivity contribution in [2.75, 3.05) is 19.6 Å². The van der Waals surface area contributed by atoms with Crippen molar-refractivity contribution in [2.45, 2.75) is 32.4 Å². The van der Waals surface area contributed by atoms with E-state index in [0.29, 0.717) is 0 Å². The van der Waals surface area contributed by atoms with Gasteiger partial charge in [0.1, 0.15) is 0 Å². The summed E-state index contributed by atoms with van der Waals surface area (Å²) in [6.45, 7) is 6.99. The van der Waals surface area contributed by atoms with E-state index in [1.165, 1.54) is 31.5 Å². The molecule has 0 spiro atoms. The molecule has 1 aliphatic heterocycles. The lowest BCUT2D eigenvalue weighted by Gasteiger charge is -2.15. The van der Waals surface area contributed by atoms with Crippen LogP contribution in [0.4, 0.5) is 0 Å². The fourth-order valence-electron chi connectivity index (χ4n) is 2.13. The van der Waals surface area contributed by atoms with Crippen molar-refractivity contribution < 1.29 is 0 Å². The second-order valence-electron chi connectivity index (χ2n) is 4.31. The molecule has 1 saturated heterocycles. The highest BCUT2D eigenvalue weighted by Gasteiger charge is 2.21. The lowest BCUT2D eigenvalue weighted by molar-refractivity contribution is 0.320. The molecule has 0 saturated carbocycles. The van der Waals surface area contributed by atoms with Crippen LogP contribution in [0.3, 0.4) is 0 Å². The predicted molar refractivity (Wildman–Crippen MR) is 66.3 cm³/mol. The van der Waals surface area contributed by atoms with Gasteiger partial charge in [0.2, 0.25) is 0 Å². The van der Waals surface area contributed by atoms with Gasteiger partial charge in [-0.2, -0.15) is 11.3 Å². The van der Waals surface area contributed by atoms with E-state index in [1.54, 1.807) is 11.3 Å². The summed E-state index contributed by atoms with van der Waals surface area (Å²) >= 11 is 1.80. The van der Waals surface area contributed by atoms with Gasteiger partial charge in [0.15, 0.2) is 0 Å². The van der Waals surface area contributed by atoms with Crippen LogP contribution < -0.4 is 5.32 Å². The van der Waals surface area contributed by atoms with E-state index in [2.05, 4.69) is 34.0 Å². The highest BCUT2D eigenvalue weighted by atomic mass is 32.1. The van der Waals surface area contributed by atoms with Crippen LogP contribution in [0.1, 0.15) is 25.3 Å². The van der Waals surface area contributed by atoms with Gasteiger partial charge in [0.05, 0.1) is 0 Å². The molecule has 1 fully saturated rings. The predicted octanol–water partition coefficient (Wildman–Crippen LogP) is 2.32. The molecule has 2 rings (SSSR count). The minimum absolute atomic E-state index is 0.726. The molecule has 0 aliphatic carbocycles. The van der Waals surface area contributed by atoms with E-state index < -0.39 is 0 Å². The summed E-state index contributed by atoms with van der Waals surface area (Å²) in [6, 6.07) is 2.96. The number of thiophene rings is 1. The summed E-state index contributed by atoms with van der Waals surface area (Å²) < 4.78 is 0. The maximum atomic E-state index is 3.60. The molecular weight excluding hydrogens is 204 g/mol. The summed E-state index contributed by atoms with van der Waals surface area (Å²) in [5.74, 6) is 0.